The minimum atomic E-state index is -0.723. The predicted octanol–water partition coefficient (Wildman–Crippen LogP) is 3.13. The highest BCUT2D eigenvalue weighted by Gasteiger charge is 2.21. The van der Waals surface area contributed by atoms with E-state index in [1.54, 1.807) is 0 Å². The van der Waals surface area contributed by atoms with Crippen LogP contribution < -0.4 is 11.1 Å². The Morgan fingerprint density at radius 2 is 2.06 bits per heavy atom. The summed E-state index contributed by atoms with van der Waals surface area (Å²) in [6.45, 7) is 1.62. The van der Waals surface area contributed by atoms with Crippen molar-refractivity contribution in [2.24, 2.45) is 5.73 Å². The zero-order valence-electron chi connectivity index (χ0n) is 17.2. The molecule has 9 heteroatoms. The van der Waals surface area contributed by atoms with Crippen molar-refractivity contribution in [3.8, 4) is 5.95 Å². The van der Waals surface area contributed by atoms with Crippen LogP contribution >= 0.6 is 0 Å². The number of anilines is 1. The highest BCUT2D eigenvalue weighted by Crippen LogP contribution is 2.27. The number of nitrogens with zero attached hydrogens (tertiary/aromatic N) is 4. The third kappa shape index (κ3) is 3.78. The van der Waals surface area contributed by atoms with E-state index in [4.69, 9.17) is 20.4 Å². The van der Waals surface area contributed by atoms with Gasteiger partial charge in [0.05, 0.1) is 29.6 Å². The number of benzene rings is 2. The first-order valence-electron chi connectivity index (χ1n) is 10.3. The normalized spacial score (nSPS) is 13.5. The summed E-state index contributed by atoms with van der Waals surface area (Å²) in [5.74, 6) is -0.374. The number of carbonyl (C=O) groups excluding carboxylic acids is 1. The molecule has 0 atom stereocenters. The molecule has 0 unspecified atom stereocenters. The summed E-state index contributed by atoms with van der Waals surface area (Å²) in [6, 6.07) is 12.4. The van der Waals surface area contributed by atoms with Crippen molar-refractivity contribution in [3.63, 3.8) is 0 Å². The molecule has 2 aromatic heterocycles. The van der Waals surface area contributed by atoms with Crippen LogP contribution in [0.1, 0.15) is 33.6 Å². The minimum Gasteiger partial charge on any atom is -0.377 e. The van der Waals surface area contributed by atoms with E-state index in [1.165, 1.54) is 16.9 Å². The Bertz CT molecular complexity index is 1310. The van der Waals surface area contributed by atoms with Crippen LogP contribution in [-0.2, 0) is 24.3 Å². The third-order valence-electron chi connectivity index (χ3n) is 5.44. The molecule has 1 amide bonds. The average Bonchev–Trinajstić information content (AvgIpc) is 3.06. The number of aromatic nitrogens is 4. The summed E-state index contributed by atoms with van der Waals surface area (Å²) >= 11 is 0. The molecule has 3 heterocycles. The standard InChI is InChI=1S/C23H21FN6O2/c24-15-9-16(21(25)31)17-12-27-30(20(17)10-15)23-28-19-7-4-8-32-13-18(19)22(29-23)26-11-14-5-2-1-3-6-14/h1-3,5-6,9-10,12H,4,7-8,11,13H2,(H2,25,31)(H,26,28,29). The fourth-order valence-electron chi connectivity index (χ4n) is 3.87. The van der Waals surface area contributed by atoms with Gasteiger partial charge in [0.1, 0.15) is 11.6 Å². The van der Waals surface area contributed by atoms with Crippen molar-refractivity contribution < 1.29 is 13.9 Å². The molecule has 0 saturated heterocycles. The number of amides is 1. The molecular formula is C23H21FN6O2. The second kappa shape index (κ2) is 8.35. The molecular weight excluding hydrogens is 411 g/mol. The molecule has 1 aliphatic rings. The van der Waals surface area contributed by atoms with Gasteiger partial charge in [-0.2, -0.15) is 14.8 Å². The molecule has 0 radical (unpaired) electrons. The predicted molar refractivity (Wildman–Crippen MR) is 117 cm³/mol. The van der Waals surface area contributed by atoms with E-state index in [0.29, 0.717) is 36.5 Å². The molecule has 0 saturated carbocycles. The summed E-state index contributed by atoms with van der Waals surface area (Å²) in [6.07, 6.45) is 3.04. The highest BCUT2D eigenvalue weighted by atomic mass is 19.1. The maximum Gasteiger partial charge on any atom is 0.253 e. The van der Waals surface area contributed by atoms with Crippen LogP contribution in [0.15, 0.2) is 48.7 Å². The van der Waals surface area contributed by atoms with Crippen molar-refractivity contribution >= 4 is 22.6 Å². The van der Waals surface area contributed by atoms with Gasteiger partial charge in [-0.25, -0.2) is 9.37 Å². The Balaban J connectivity index is 1.62. The van der Waals surface area contributed by atoms with Gasteiger partial charge in [-0.05, 0) is 24.5 Å². The molecule has 4 aromatic rings. The lowest BCUT2D eigenvalue weighted by Crippen LogP contribution is -2.14. The summed E-state index contributed by atoms with van der Waals surface area (Å²) in [5.41, 5.74) is 8.74. The third-order valence-corrected chi connectivity index (χ3v) is 5.44. The molecule has 0 bridgehead atoms. The van der Waals surface area contributed by atoms with E-state index in [0.717, 1.165) is 35.7 Å². The van der Waals surface area contributed by atoms with Crippen LogP contribution in [0.2, 0.25) is 0 Å². The molecule has 0 spiro atoms. The summed E-state index contributed by atoms with van der Waals surface area (Å²) in [7, 11) is 0. The number of nitrogens with one attached hydrogen (secondary N) is 1. The van der Waals surface area contributed by atoms with E-state index in [2.05, 4.69) is 10.4 Å². The van der Waals surface area contributed by atoms with Gasteiger partial charge in [-0.15, -0.1) is 0 Å². The maximum absolute atomic E-state index is 14.2. The van der Waals surface area contributed by atoms with Crippen LogP contribution in [0, 0.1) is 5.82 Å². The van der Waals surface area contributed by atoms with Crippen LogP contribution in [0.5, 0.6) is 0 Å². The lowest BCUT2D eigenvalue weighted by atomic mass is 10.1. The van der Waals surface area contributed by atoms with Crippen molar-refractivity contribution in [3.05, 3.63) is 76.9 Å². The summed E-state index contributed by atoms with van der Waals surface area (Å²) in [4.78, 5) is 21.2. The van der Waals surface area contributed by atoms with E-state index in [9.17, 15) is 9.18 Å². The van der Waals surface area contributed by atoms with Crippen LogP contribution in [-0.4, -0.2) is 32.3 Å². The molecule has 1 aliphatic heterocycles. The van der Waals surface area contributed by atoms with Gasteiger partial charge in [0.25, 0.3) is 5.95 Å². The lowest BCUT2D eigenvalue weighted by molar-refractivity contribution is 0.100. The second-order valence-electron chi connectivity index (χ2n) is 7.60. The first-order valence-corrected chi connectivity index (χ1v) is 10.3. The number of halogens is 1. The monoisotopic (exact) mass is 432 g/mol. The van der Waals surface area contributed by atoms with Gasteiger partial charge in [-0.1, -0.05) is 30.3 Å². The Hall–Kier alpha value is -3.85. The Labute approximate surface area is 183 Å². The Morgan fingerprint density at radius 1 is 1.22 bits per heavy atom. The van der Waals surface area contributed by atoms with Gasteiger partial charge in [0.2, 0.25) is 5.91 Å². The van der Waals surface area contributed by atoms with Crippen molar-refractivity contribution in [1.82, 2.24) is 19.7 Å². The largest absolute Gasteiger partial charge is 0.377 e. The molecule has 162 valence electrons. The number of aryl methyl sites for hydroxylation is 1. The second-order valence-corrected chi connectivity index (χ2v) is 7.60. The summed E-state index contributed by atoms with van der Waals surface area (Å²) in [5, 5.41) is 8.17. The van der Waals surface area contributed by atoms with Gasteiger partial charge in [0.15, 0.2) is 0 Å². The van der Waals surface area contributed by atoms with E-state index in [-0.39, 0.29) is 11.5 Å². The van der Waals surface area contributed by atoms with E-state index < -0.39 is 11.7 Å². The maximum atomic E-state index is 14.2. The minimum absolute atomic E-state index is 0.0665. The van der Waals surface area contributed by atoms with Gasteiger partial charge >= 0.3 is 0 Å². The quantitative estimate of drug-likeness (QED) is 0.502. The SMILES string of the molecule is NC(=O)c1cc(F)cc2c1cnn2-c1nc2c(c(NCc3ccccc3)n1)COCCC2. The Kier molecular flexibility index (Phi) is 5.24. The number of ether oxygens (including phenoxy) is 1. The first kappa shape index (κ1) is 20.1. The van der Waals surface area contributed by atoms with Crippen LogP contribution in [0.4, 0.5) is 10.2 Å². The van der Waals surface area contributed by atoms with Crippen molar-refractivity contribution in [2.75, 3.05) is 11.9 Å². The number of fused-ring (bicyclic) bond motifs is 2. The average molecular weight is 432 g/mol. The van der Waals surface area contributed by atoms with Crippen molar-refractivity contribution in [2.45, 2.75) is 26.0 Å². The molecule has 5 rings (SSSR count). The number of rotatable bonds is 5. The number of nitrogens with two attached hydrogens (primary N) is 1. The molecule has 0 fully saturated rings. The smallest absolute Gasteiger partial charge is 0.253 e. The van der Waals surface area contributed by atoms with Gasteiger partial charge in [-0.3, -0.25) is 4.79 Å². The zero-order valence-corrected chi connectivity index (χ0v) is 17.2. The van der Waals surface area contributed by atoms with Gasteiger partial charge in [0, 0.05) is 30.2 Å². The molecule has 8 nitrogen and oxygen atoms in total. The highest BCUT2D eigenvalue weighted by molar-refractivity contribution is 6.05. The zero-order chi connectivity index (χ0) is 22.1. The van der Waals surface area contributed by atoms with E-state index >= 15 is 0 Å². The molecule has 32 heavy (non-hydrogen) atoms. The first-order chi connectivity index (χ1) is 15.6. The Morgan fingerprint density at radius 3 is 2.88 bits per heavy atom. The van der Waals surface area contributed by atoms with E-state index in [1.807, 2.05) is 30.3 Å². The number of hydrogen-bond acceptors (Lipinski definition) is 6. The van der Waals surface area contributed by atoms with Crippen LogP contribution in [0.3, 0.4) is 0 Å². The topological polar surface area (TPSA) is 108 Å². The summed E-state index contributed by atoms with van der Waals surface area (Å²) < 4.78 is 21.4. The lowest BCUT2D eigenvalue weighted by Gasteiger charge is -2.15. The molecule has 3 N–H and O–H groups in total. The fourth-order valence-corrected chi connectivity index (χ4v) is 3.87. The molecule has 0 aliphatic carbocycles. The number of carbonyl (C=O) groups is 1. The number of hydrogen-bond donors (Lipinski definition) is 2. The fraction of sp³-hybridized carbons (Fsp3) is 0.217. The van der Waals surface area contributed by atoms with Crippen LogP contribution in [0.25, 0.3) is 16.9 Å². The van der Waals surface area contributed by atoms with Crippen molar-refractivity contribution in [1.29, 1.82) is 0 Å². The number of primary amides is 1. The molecule has 2 aromatic carbocycles. The van der Waals surface area contributed by atoms with Gasteiger partial charge < -0.3 is 15.8 Å².